The van der Waals surface area contributed by atoms with Gasteiger partial charge in [0, 0.05) is 47.5 Å². The Labute approximate surface area is 194 Å². The van der Waals surface area contributed by atoms with E-state index in [4.69, 9.17) is 11.6 Å². The van der Waals surface area contributed by atoms with Crippen molar-refractivity contribution in [3.63, 3.8) is 0 Å². The van der Waals surface area contributed by atoms with Gasteiger partial charge in [-0.05, 0) is 69.0 Å². The summed E-state index contributed by atoms with van der Waals surface area (Å²) in [7, 11) is 0. The van der Waals surface area contributed by atoms with Gasteiger partial charge in [-0.3, -0.25) is 9.78 Å². The second kappa shape index (κ2) is 10.1. The number of carbonyl (C=O) groups is 1. The van der Waals surface area contributed by atoms with Crippen LogP contribution in [0.25, 0.3) is 0 Å². The average Bonchev–Trinajstić information content (AvgIpc) is 2.77. The van der Waals surface area contributed by atoms with Crippen molar-refractivity contribution in [2.45, 2.75) is 45.4 Å². The Morgan fingerprint density at radius 1 is 1.16 bits per heavy atom. The predicted molar refractivity (Wildman–Crippen MR) is 127 cm³/mol. The van der Waals surface area contributed by atoms with Gasteiger partial charge in [0.05, 0.1) is 11.9 Å². The largest absolute Gasteiger partial charge is 0.342 e. The van der Waals surface area contributed by atoms with Gasteiger partial charge in [-0.25, -0.2) is 9.97 Å². The van der Waals surface area contributed by atoms with E-state index in [1.807, 2.05) is 67.4 Å². The molecule has 32 heavy (non-hydrogen) atoms. The number of amides is 1. The number of likely N-dealkylation sites (tertiary alicyclic amines) is 1. The smallest absolute Gasteiger partial charge is 0.227 e. The molecule has 3 heterocycles. The van der Waals surface area contributed by atoms with E-state index >= 15 is 0 Å². The molecule has 0 bridgehead atoms. The maximum absolute atomic E-state index is 12.8. The van der Waals surface area contributed by atoms with E-state index in [1.165, 1.54) is 0 Å². The summed E-state index contributed by atoms with van der Waals surface area (Å²) in [6.07, 6.45) is 5.05. The summed E-state index contributed by atoms with van der Waals surface area (Å²) in [5.74, 6) is 1.02. The molecule has 1 aliphatic heterocycles. The maximum Gasteiger partial charge on any atom is 0.227 e. The third-order valence-electron chi connectivity index (χ3n) is 5.73. The SMILES string of the molecule is Cc1cc(C)nc(Nc2ccc([C@@H]3CCCN(C(=O)CCc4cccc(Cl)c4)C3)nc2)n1. The van der Waals surface area contributed by atoms with Crippen LogP contribution in [-0.2, 0) is 11.2 Å². The van der Waals surface area contributed by atoms with Crippen molar-refractivity contribution in [2.24, 2.45) is 0 Å². The lowest BCUT2D eigenvalue weighted by Crippen LogP contribution is -2.39. The molecule has 1 amide bonds. The molecule has 4 rings (SSSR count). The van der Waals surface area contributed by atoms with Crippen LogP contribution in [0.4, 0.5) is 11.6 Å². The van der Waals surface area contributed by atoms with Gasteiger partial charge in [-0.2, -0.15) is 0 Å². The maximum atomic E-state index is 12.8. The normalized spacial score (nSPS) is 16.1. The van der Waals surface area contributed by atoms with E-state index in [0.717, 1.165) is 47.7 Å². The first kappa shape index (κ1) is 22.2. The number of aryl methyl sites for hydroxylation is 3. The number of anilines is 2. The summed E-state index contributed by atoms with van der Waals surface area (Å²) in [5.41, 5.74) is 4.81. The van der Waals surface area contributed by atoms with Gasteiger partial charge in [-0.1, -0.05) is 23.7 Å². The predicted octanol–water partition coefficient (Wildman–Crippen LogP) is 5.22. The number of nitrogens with zero attached hydrogens (tertiary/aromatic N) is 4. The van der Waals surface area contributed by atoms with Gasteiger partial charge in [-0.15, -0.1) is 0 Å². The zero-order valence-corrected chi connectivity index (χ0v) is 19.3. The molecule has 1 aliphatic rings. The second-order valence-electron chi connectivity index (χ2n) is 8.38. The van der Waals surface area contributed by atoms with Crippen LogP contribution in [0.2, 0.25) is 5.02 Å². The van der Waals surface area contributed by atoms with Crippen LogP contribution in [0.15, 0.2) is 48.7 Å². The van der Waals surface area contributed by atoms with Crippen LogP contribution in [0.5, 0.6) is 0 Å². The van der Waals surface area contributed by atoms with E-state index < -0.39 is 0 Å². The van der Waals surface area contributed by atoms with E-state index in [0.29, 0.717) is 30.4 Å². The number of piperidine rings is 1. The Morgan fingerprint density at radius 3 is 2.69 bits per heavy atom. The van der Waals surface area contributed by atoms with Crippen molar-refractivity contribution in [1.82, 2.24) is 19.9 Å². The standard InChI is InChI=1S/C25H28ClN5O/c1-17-13-18(2)29-25(28-17)30-22-9-10-23(27-15-22)20-6-4-12-31(16-20)24(32)11-8-19-5-3-7-21(26)14-19/h3,5,7,9-10,13-15,20H,4,6,8,11-12,16H2,1-2H3,(H,28,29,30)/t20-/m1/s1. The van der Waals surface area contributed by atoms with E-state index in [2.05, 4.69) is 20.3 Å². The summed E-state index contributed by atoms with van der Waals surface area (Å²) in [6, 6.07) is 13.7. The molecule has 0 spiro atoms. The Morgan fingerprint density at radius 2 is 1.97 bits per heavy atom. The number of rotatable bonds is 6. The van der Waals surface area contributed by atoms with E-state index in [-0.39, 0.29) is 11.8 Å². The highest BCUT2D eigenvalue weighted by Gasteiger charge is 2.25. The van der Waals surface area contributed by atoms with Gasteiger partial charge >= 0.3 is 0 Å². The number of pyridine rings is 1. The molecule has 0 radical (unpaired) electrons. The molecular weight excluding hydrogens is 422 g/mol. The van der Waals surface area contributed by atoms with E-state index in [9.17, 15) is 4.79 Å². The lowest BCUT2D eigenvalue weighted by atomic mass is 9.94. The van der Waals surface area contributed by atoms with Gasteiger partial charge in [0.25, 0.3) is 0 Å². The number of carbonyl (C=O) groups excluding carboxylic acids is 1. The van der Waals surface area contributed by atoms with Crippen molar-refractivity contribution in [1.29, 1.82) is 0 Å². The first-order valence-corrected chi connectivity index (χ1v) is 11.4. The molecule has 0 unspecified atom stereocenters. The van der Waals surface area contributed by atoms with Crippen molar-refractivity contribution < 1.29 is 4.79 Å². The molecule has 0 saturated carbocycles. The second-order valence-corrected chi connectivity index (χ2v) is 8.82. The molecule has 1 saturated heterocycles. The minimum Gasteiger partial charge on any atom is -0.342 e. The first-order chi connectivity index (χ1) is 15.5. The minimum atomic E-state index is 0.194. The Hall–Kier alpha value is -2.99. The molecule has 3 aromatic rings. The fraction of sp³-hybridized carbons (Fsp3) is 0.360. The molecule has 7 heteroatoms. The molecule has 1 N–H and O–H groups in total. The fourth-order valence-corrected chi connectivity index (χ4v) is 4.39. The highest BCUT2D eigenvalue weighted by atomic mass is 35.5. The summed E-state index contributed by atoms with van der Waals surface area (Å²) in [6.45, 7) is 5.43. The number of halogens is 1. The van der Waals surface area contributed by atoms with Gasteiger partial charge in [0.15, 0.2) is 0 Å². The van der Waals surface area contributed by atoms with E-state index in [1.54, 1.807) is 0 Å². The summed E-state index contributed by atoms with van der Waals surface area (Å²) in [5, 5.41) is 3.93. The Kier molecular flexibility index (Phi) is 7.00. The molecule has 1 aromatic carbocycles. The van der Waals surface area contributed by atoms with Gasteiger partial charge in [0.1, 0.15) is 0 Å². The summed E-state index contributed by atoms with van der Waals surface area (Å²) >= 11 is 6.05. The molecule has 6 nitrogen and oxygen atoms in total. The zero-order chi connectivity index (χ0) is 22.5. The van der Waals surface area contributed by atoms with Gasteiger partial charge in [0.2, 0.25) is 11.9 Å². The Balaban J connectivity index is 1.34. The highest BCUT2D eigenvalue weighted by molar-refractivity contribution is 6.30. The van der Waals surface area contributed by atoms with Crippen molar-refractivity contribution >= 4 is 29.1 Å². The van der Waals surface area contributed by atoms with Crippen LogP contribution >= 0.6 is 11.6 Å². The number of aromatic nitrogens is 3. The van der Waals surface area contributed by atoms with Crippen LogP contribution in [-0.4, -0.2) is 38.8 Å². The molecule has 2 aromatic heterocycles. The highest BCUT2D eigenvalue weighted by Crippen LogP contribution is 2.27. The van der Waals surface area contributed by atoms with Crippen LogP contribution in [0, 0.1) is 13.8 Å². The Bertz CT molecular complexity index is 1070. The third kappa shape index (κ3) is 5.82. The number of hydrogen-bond acceptors (Lipinski definition) is 5. The van der Waals surface area contributed by atoms with Gasteiger partial charge < -0.3 is 10.2 Å². The molecule has 166 valence electrons. The van der Waals surface area contributed by atoms with Crippen molar-refractivity contribution in [3.8, 4) is 0 Å². The molecular formula is C25H28ClN5O. The van der Waals surface area contributed by atoms with Crippen LogP contribution in [0.1, 0.15) is 47.8 Å². The molecule has 0 aliphatic carbocycles. The average molecular weight is 450 g/mol. The number of hydrogen-bond donors (Lipinski definition) is 1. The molecule has 1 fully saturated rings. The zero-order valence-electron chi connectivity index (χ0n) is 18.5. The lowest BCUT2D eigenvalue weighted by Gasteiger charge is -2.32. The monoisotopic (exact) mass is 449 g/mol. The third-order valence-corrected chi connectivity index (χ3v) is 5.97. The van der Waals surface area contributed by atoms with Crippen molar-refractivity contribution in [3.05, 3.63) is 76.3 Å². The number of nitrogens with one attached hydrogen (secondary N) is 1. The summed E-state index contributed by atoms with van der Waals surface area (Å²) in [4.78, 5) is 28.3. The fourth-order valence-electron chi connectivity index (χ4n) is 4.18. The lowest BCUT2D eigenvalue weighted by molar-refractivity contribution is -0.132. The molecule has 1 atom stereocenters. The number of benzene rings is 1. The first-order valence-electron chi connectivity index (χ1n) is 11.0. The van der Waals surface area contributed by atoms with Crippen molar-refractivity contribution in [2.75, 3.05) is 18.4 Å². The van der Waals surface area contributed by atoms with Crippen LogP contribution < -0.4 is 5.32 Å². The quantitative estimate of drug-likeness (QED) is 0.558. The minimum absolute atomic E-state index is 0.194. The van der Waals surface area contributed by atoms with Crippen LogP contribution in [0.3, 0.4) is 0 Å². The topological polar surface area (TPSA) is 71.0 Å². The summed E-state index contributed by atoms with van der Waals surface area (Å²) < 4.78 is 0.